The Bertz CT molecular complexity index is 528. The topological polar surface area (TPSA) is 66.3 Å². The van der Waals surface area contributed by atoms with Crippen LogP contribution in [-0.2, 0) is 4.79 Å². The molecule has 2 rings (SSSR count). The summed E-state index contributed by atoms with van der Waals surface area (Å²) in [5, 5.41) is 3.74. The minimum Gasteiger partial charge on any atom is -0.465 e. The molecule has 0 spiro atoms. The van der Waals surface area contributed by atoms with Crippen LogP contribution in [-0.4, -0.2) is 17.1 Å². The maximum absolute atomic E-state index is 11.7. The van der Waals surface area contributed by atoms with E-state index in [0.717, 1.165) is 6.42 Å². The van der Waals surface area contributed by atoms with Gasteiger partial charge in [-0.2, -0.15) is 0 Å². The monoisotopic (exact) mass is 321 g/mol. The van der Waals surface area contributed by atoms with E-state index in [1.165, 1.54) is 18.9 Å². The van der Waals surface area contributed by atoms with Gasteiger partial charge >= 0.3 is 0 Å². The van der Waals surface area contributed by atoms with E-state index in [0.29, 0.717) is 28.8 Å². The summed E-state index contributed by atoms with van der Waals surface area (Å²) in [6.07, 6.45) is 8.14. The summed E-state index contributed by atoms with van der Waals surface area (Å²) >= 11 is 5.23. The van der Waals surface area contributed by atoms with E-state index in [1.54, 1.807) is 24.5 Å². The van der Waals surface area contributed by atoms with E-state index in [-0.39, 0.29) is 5.91 Å². The third kappa shape index (κ3) is 4.87. The lowest BCUT2D eigenvalue weighted by atomic mass is 9.78. The van der Waals surface area contributed by atoms with E-state index >= 15 is 0 Å². The van der Waals surface area contributed by atoms with Gasteiger partial charge in [-0.05, 0) is 48.7 Å². The van der Waals surface area contributed by atoms with Crippen LogP contribution in [0.3, 0.4) is 0 Å². The molecule has 5 nitrogen and oxygen atoms in total. The van der Waals surface area contributed by atoms with Gasteiger partial charge in [-0.1, -0.05) is 26.7 Å². The van der Waals surface area contributed by atoms with Crippen LogP contribution in [0.25, 0.3) is 6.08 Å². The Labute approximate surface area is 136 Å². The highest BCUT2D eigenvalue weighted by Gasteiger charge is 2.27. The fourth-order valence-corrected chi connectivity index (χ4v) is 2.90. The van der Waals surface area contributed by atoms with Gasteiger partial charge in [0.15, 0.2) is 5.11 Å². The van der Waals surface area contributed by atoms with Crippen molar-refractivity contribution in [2.75, 3.05) is 0 Å². The molecule has 0 unspecified atom stereocenters. The first-order valence-corrected chi connectivity index (χ1v) is 8.05. The second-order valence-electron chi connectivity index (χ2n) is 5.81. The second kappa shape index (κ2) is 7.98. The molecule has 1 aromatic heterocycles. The molecule has 1 fully saturated rings. The zero-order valence-electron chi connectivity index (χ0n) is 13.0. The summed E-state index contributed by atoms with van der Waals surface area (Å²) in [4.78, 5) is 11.7. The van der Waals surface area contributed by atoms with E-state index in [4.69, 9.17) is 16.6 Å². The third-order valence-corrected chi connectivity index (χ3v) is 4.48. The average Bonchev–Trinajstić information content (AvgIpc) is 3.01. The van der Waals surface area contributed by atoms with Gasteiger partial charge in [-0.25, -0.2) is 0 Å². The van der Waals surface area contributed by atoms with Crippen LogP contribution in [0.15, 0.2) is 28.9 Å². The number of amides is 1. The number of furan rings is 1. The minimum absolute atomic E-state index is 0.286. The zero-order chi connectivity index (χ0) is 15.9. The lowest BCUT2D eigenvalue weighted by Crippen LogP contribution is -2.52. The predicted octanol–water partition coefficient (Wildman–Crippen LogP) is 2.61. The van der Waals surface area contributed by atoms with Crippen LogP contribution < -0.4 is 16.2 Å². The van der Waals surface area contributed by atoms with Gasteiger partial charge in [-0.15, -0.1) is 0 Å². The van der Waals surface area contributed by atoms with Crippen molar-refractivity contribution in [1.82, 2.24) is 16.2 Å². The summed E-state index contributed by atoms with van der Waals surface area (Å²) in [7, 11) is 0. The molecule has 1 aliphatic carbocycles. The summed E-state index contributed by atoms with van der Waals surface area (Å²) in [6, 6.07) is 3.90. The van der Waals surface area contributed by atoms with Crippen LogP contribution in [0.2, 0.25) is 0 Å². The molecule has 0 bridgehead atoms. The maximum Gasteiger partial charge on any atom is 0.262 e. The third-order valence-electron chi connectivity index (χ3n) is 4.26. The van der Waals surface area contributed by atoms with Gasteiger partial charge in [0.25, 0.3) is 5.91 Å². The molecule has 6 heteroatoms. The lowest BCUT2D eigenvalue weighted by molar-refractivity contribution is -0.117. The van der Waals surface area contributed by atoms with E-state index in [1.807, 2.05) is 0 Å². The SMILES string of the molecule is C[C@@H]1[C@H](C)CCC[C@@H]1NC(=S)NNC(=O)/C=C/c1ccco1. The van der Waals surface area contributed by atoms with Crippen molar-refractivity contribution in [1.29, 1.82) is 0 Å². The lowest BCUT2D eigenvalue weighted by Gasteiger charge is -2.35. The van der Waals surface area contributed by atoms with Crippen LogP contribution in [0.1, 0.15) is 38.9 Å². The summed E-state index contributed by atoms with van der Waals surface area (Å²) < 4.78 is 5.11. The number of thiocarbonyl (C=S) groups is 1. The minimum atomic E-state index is -0.286. The number of rotatable bonds is 3. The van der Waals surface area contributed by atoms with Gasteiger partial charge in [0.05, 0.1) is 6.26 Å². The molecule has 0 radical (unpaired) electrons. The number of carbonyl (C=O) groups excluding carboxylic acids is 1. The van der Waals surface area contributed by atoms with Crippen molar-refractivity contribution in [3.63, 3.8) is 0 Å². The number of carbonyl (C=O) groups is 1. The zero-order valence-corrected chi connectivity index (χ0v) is 13.8. The highest BCUT2D eigenvalue weighted by Crippen LogP contribution is 2.29. The first-order valence-electron chi connectivity index (χ1n) is 7.64. The van der Waals surface area contributed by atoms with Gasteiger partial charge in [0, 0.05) is 12.1 Å². The van der Waals surface area contributed by atoms with E-state index in [2.05, 4.69) is 30.0 Å². The number of hydrogen-bond donors (Lipinski definition) is 3. The number of nitrogens with one attached hydrogen (secondary N) is 3. The van der Waals surface area contributed by atoms with Gasteiger partial charge in [0.2, 0.25) is 0 Å². The largest absolute Gasteiger partial charge is 0.465 e. The molecule has 1 heterocycles. The van der Waals surface area contributed by atoms with Crippen LogP contribution in [0, 0.1) is 11.8 Å². The summed E-state index contributed by atoms with van der Waals surface area (Å²) in [6.45, 7) is 4.52. The van der Waals surface area contributed by atoms with Gasteiger partial charge < -0.3 is 9.73 Å². The van der Waals surface area contributed by atoms with Crippen LogP contribution in [0.5, 0.6) is 0 Å². The molecule has 0 aliphatic heterocycles. The Hall–Kier alpha value is -1.82. The molecule has 3 N–H and O–H groups in total. The van der Waals surface area contributed by atoms with Crippen molar-refractivity contribution in [3.8, 4) is 0 Å². The van der Waals surface area contributed by atoms with Crippen molar-refractivity contribution in [3.05, 3.63) is 30.2 Å². The van der Waals surface area contributed by atoms with Crippen LogP contribution in [0.4, 0.5) is 0 Å². The van der Waals surface area contributed by atoms with Gasteiger partial charge in [-0.3, -0.25) is 15.6 Å². The summed E-state index contributed by atoms with van der Waals surface area (Å²) in [5.74, 6) is 1.61. The fraction of sp³-hybridized carbons (Fsp3) is 0.500. The maximum atomic E-state index is 11.7. The molecule has 1 saturated carbocycles. The van der Waals surface area contributed by atoms with Crippen LogP contribution >= 0.6 is 12.2 Å². The average molecular weight is 321 g/mol. The molecule has 22 heavy (non-hydrogen) atoms. The highest BCUT2D eigenvalue weighted by molar-refractivity contribution is 7.80. The smallest absolute Gasteiger partial charge is 0.262 e. The summed E-state index contributed by atoms with van der Waals surface area (Å²) in [5.41, 5.74) is 5.27. The van der Waals surface area contributed by atoms with Crippen molar-refractivity contribution < 1.29 is 9.21 Å². The number of hydrazine groups is 1. The predicted molar refractivity (Wildman–Crippen MR) is 90.7 cm³/mol. The second-order valence-corrected chi connectivity index (χ2v) is 6.22. The van der Waals surface area contributed by atoms with E-state index in [9.17, 15) is 4.79 Å². The molecule has 0 aromatic carbocycles. The normalized spacial score (nSPS) is 24.9. The molecule has 1 aliphatic rings. The molecule has 3 atom stereocenters. The Morgan fingerprint density at radius 2 is 2.18 bits per heavy atom. The highest BCUT2D eigenvalue weighted by atomic mass is 32.1. The quantitative estimate of drug-likeness (QED) is 0.454. The molecule has 120 valence electrons. The Balaban J connectivity index is 1.72. The fourth-order valence-electron chi connectivity index (χ4n) is 2.69. The van der Waals surface area contributed by atoms with Gasteiger partial charge in [0.1, 0.15) is 5.76 Å². The number of hydrogen-bond acceptors (Lipinski definition) is 3. The first-order chi connectivity index (χ1) is 10.6. The first kappa shape index (κ1) is 16.5. The van der Waals surface area contributed by atoms with Crippen molar-refractivity contribution >= 4 is 29.3 Å². The molecule has 1 aromatic rings. The molecule has 0 saturated heterocycles. The van der Waals surface area contributed by atoms with E-state index < -0.39 is 0 Å². The molecular formula is C16H23N3O2S. The standard InChI is InChI=1S/C16H23N3O2S/c1-11-5-3-7-14(12(11)2)17-16(22)19-18-15(20)9-8-13-6-4-10-21-13/h4,6,8-12,14H,3,5,7H2,1-2H3,(H,18,20)(H2,17,19,22)/b9-8+/t11-,12-,14+/m1/s1. The van der Waals surface area contributed by atoms with Crippen molar-refractivity contribution in [2.45, 2.75) is 39.2 Å². The van der Waals surface area contributed by atoms with Crippen molar-refractivity contribution in [2.24, 2.45) is 11.8 Å². The molecule has 1 amide bonds. The molecular weight excluding hydrogens is 298 g/mol. The Morgan fingerprint density at radius 3 is 2.91 bits per heavy atom. The Kier molecular flexibility index (Phi) is 6.00. The Morgan fingerprint density at radius 1 is 1.36 bits per heavy atom.